The molecule has 1 nitrogen and oxygen atoms in total. The smallest absolute Gasteiger partial charge is 0.126 e. The van der Waals surface area contributed by atoms with Gasteiger partial charge in [-0.05, 0) is 49.0 Å². The Labute approximate surface area is 120 Å². The first kappa shape index (κ1) is 14.4. The van der Waals surface area contributed by atoms with Crippen LogP contribution >= 0.6 is 22.9 Å². The standard InChI is InChI=1S/C14H14ClF2NS/c1-8-7-19-14(13(8)15)12(18-2)5-9-3-10(16)6-11(17)4-9/h3-4,6-7,12,18H,5H2,1-2H3. The van der Waals surface area contributed by atoms with Crippen molar-refractivity contribution >= 4 is 22.9 Å². The first-order valence-corrected chi connectivity index (χ1v) is 7.12. The van der Waals surface area contributed by atoms with E-state index in [0.717, 1.165) is 21.5 Å². The number of hydrogen-bond donors (Lipinski definition) is 1. The van der Waals surface area contributed by atoms with Crippen molar-refractivity contribution in [1.82, 2.24) is 5.32 Å². The molecule has 0 radical (unpaired) electrons. The maximum absolute atomic E-state index is 13.2. The highest BCUT2D eigenvalue weighted by molar-refractivity contribution is 7.10. The lowest BCUT2D eigenvalue weighted by Crippen LogP contribution is -2.18. The number of thiophene rings is 1. The third kappa shape index (κ3) is 3.32. The third-order valence-electron chi connectivity index (χ3n) is 2.95. The van der Waals surface area contributed by atoms with E-state index < -0.39 is 11.6 Å². The number of halogens is 3. The highest BCUT2D eigenvalue weighted by Crippen LogP contribution is 2.34. The second kappa shape index (κ2) is 5.99. The van der Waals surface area contributed by atoms with E-state index in [-0.39, 0.29) is 6.04 Å². The summed E-state index contributed by atoms with van der Waals surface area (Å²) in [6, 6.07) is 3.52. The van der Waals surface area contributed by atoms with E-state index in [1.54, 1.807) is 11.3 Å². The van der Waals surface area contributed by atoms with Gasteiger partial charge in [-0.15, -0.1) is 11.3 Å². The summed E-state index contributed by atoms with van der Waals surface area (Å²) in [5.74, 6) is -1.11. The van der Waals surface area contributed by atoms with E-state index in [0.29, 0.717) is 12.0 Å². The highest BCUT2D eigenvalue weighted by Gasteiger charge is 2.17. The predicted molar refractivity (Wildman–Crippen MR) is 75.9 cm³/mol. The maximum atomic E-state index is 13.2. The summed E-state index contributed by atoms with van der Waals surface area (Å²) in [7, 11) is 1.81. The number of aryl methyl sites for hydroxylation is 1. The minimum Gasteiger partial charge on any atom is -0.312 e. The molecule has 19 heavy (non-hydrogen) atoms. The quantitative estimate of drug-likeness (QED) is 0.877. The molecule has 1 unspecified atom stereocenters. The highest BCUT2D eigenvalue weighted by atomic mass is 35.5. The van der Waals surface area contributed by atoms with E-state index in [9.17, 15) is 8.78 Å². The van der Waals surface area contributed by atoms with E-state index in [1.165, 1.54) is 12.1 Å². The normalized spacial score (nSPS) is 12.7. The van der Waals surface area contributed by atoms with Crippen molar-refractivity contribution in [2.45, 2.75) is 19.4 Å². The first-order valence-electron chi connectivity index (χ1n) is 5.87. The SMILES string of the molecule is CNC(Cc1cc(F)cc(F)c1)c1scc(C)c1Cl. The molecule has 0 bridgehead atoms. The van der Waals surface area contributed by atoms with Crippen LogP contribution in [-0.2, 0) is 6.42 Å². The zero-order chi connectivity index (χ0) is 14.0. The Morgan fingerprint density at radius 1 is 1.26 bits per heavy atom. The second-order valence-corrected chi connectivity index (χ2v) is 5.71. The van der Waals surface area contributed by atoms with Crippen LogP contribution in [0.25, 0.3) is 0 Å². The molecule has 102 valence electrons. The lowest BCUT2D eigenvalue weighted by Gasteiger charge is -2.15. The molecule has 0 saturated carbocycles. The molecule has 1 atom stereocenters. The van der Waals surface area contributed by atoms with Gasteiger partial charge in [0.05, 0.1) is 5.02 Å². The Morgan fingerprint density at radius 3 is 2.37 bits per heavy atom. The molecule has 2 rings (SSSR count). The van der Waals surface area contributed by atoms with E-state index in [2.05, 4.69) is 5.32 Å². The van der Waals surface area contributed by atoms with E-state index in [1.807, 2.05) is 19.4 Å². The number of likely N-dealkylation sites (N-methyl/N-ethyl adjacent to an activating group) is 1. The Kier molecular flexibility index (Phi) is 4.55. The van der Waals surface area contributed by atoms with Crippen LogP contribution < -0.4 is 5.32 Å². The van der Waals surface area contributed by atoms with Crippen molar-refractivity contribution in [3.63, 3.8) is 0 Å². The van der Waals surface area contributed by atoms with Gasteiger partial charge in [0.1, 0.15) is 11.6 Å². The van der Waals surface area contributed by atoms with Gasteiger partial charge in [-0.2, -0.15) is 0 Å². The van der Waals surface area contributed by atoms with Gasteiger partial charge >= 0.3 is 0 Å². The molecule has 1 heterocycles. The van der Waals surface area contributed by atoms with E-state index >= 15 is 0 Å². The van der Waals surface area contributed by atoms with E-state index in [4.69, 9.17) is 11.6 Å². The van der Waals surface area contributed by atoms with Crippen molar-refractivity contribution in [3.05, 3.63) is 56.2 Å². The van der Waals surface area contributed by atoms with Crippen molar-refractivity contribution in [3.8, 4) is 0 Å². The molecule has 0 aliphatic carbocycles. The van der Waals surface area contributed by atoms with Gasteiger partial charge in [0.2, 0.25) is 0 Å². The fourth-order valence-corrected chi connectivity index (χ4v) is 3.41. The molecule has 2 aromatic rings. The zero-order valence-electron chi connectivity index (χ0n) is 10.6. The number of nitrogens with one attached hydrogen (secondary N) is 1. The molecule has 0 aliphatic heterocycles. The van der Waals surface area contributed by atoms with Crippen molar-refractivity contribution in [2.24, 2.45) is 0 Å². The number of rotatable bonds is 4. The summed E-state index contributed by atoms with van der Waals surface area (Å²) in [6.45, 7) is 1.94. The summed E-state index contributed by atoms with van der Waals surface area (Å²) >= 11 is 7.79. The topological polar surface area (TPSA) is 12.0 Å². The lowest BCUT2D eigenvalue weighted by atomic mass is 10.0. The van der Waals surface area contributed by atoms with Crippen LogP contribution in [0.2, 0.25) is 5.02 Å². The van der Waals surface area contributed by atoms with Crippen molar-refractivity contribution < 1.29 is 8.78 Å². The molecule has 0 aliphatic rings. The zero-order valence-corrected chi connectivity index (χ0v) is 12.2. The Bertz CT molecular complexity index is 563. The van der Waals surface area contributed by atoms with Gasteiger partial charge in [-0.1, -0.05) is 11.6 Å². The fourth-order valence-electron chi connectivity index (χ4n) is 1.98. The summed E-state index contributed by atoms with van der Waals surface area (Å²) in [5.41, 5.74) is 1.63. The largest absolute Gasteiger partial charge is 0.312 e. The van der Waals surface area contributed by atoms with Gasteiger partial charge in [0.15, 0.2) is 0 Å². The average molecular weight is 302 g/mol. The monoisotopic (exact) mass is 301 g/mol. The molecule has 0 amide bonds. The van der Waals surface area contributed by atoms with Crippen LogP contribution in [0, 0.1) is 18.6 Å². The maximum Gasteiger partial charge on any atom is 0.126 e. The molecule has 1 aromatic carbocycles. The Morgan fingerprint density at radius 2 is 1.89 bits per heavy atom. The first-order chi connectivity index (χ1) is 9.01. The van der Waals surface area contributed by atoms with Gasteiger partial charge in [-0.25, -0.2) is 8.78 Å². The molecule has 1 aromatic heterocycles. The number of benzene rings is 1. The fraction of sp³-hybridized carbons (Fsp3) is 0.286. The molecule has 0 spiro atoms. The molecule has 0 saturated heterocycles. The molecule has 0 fully saturated rings. The predicted octanol–water partition coefficient (Wildman–Crippen LogP) is 4.49. The third-order valence-corrected chi connectivity index (χ3v) is 4.78. The van der Waals surface area contributed by atoms with Crippen molar-refractivity contribution in [1.29, 1.82) is 0 Å². The van der Waals surface area contributed by atoms with Gasteiger partial charge in [-0.3, -0.25) is 0 Å². The minimum atomic E-state index is -0.557. The summed E-state index contributed by atoms with van der Waals surface area (Å²) in [5, 5.41) is 5.84. The van der Waals surface area contributed by atoms with Crippen molar-refractivity contribution in [2.75, 3.05) is 7.05 Å². The second-order valence-electron chi connectivity index (χ2n) is 4.42. The van der Waals surface area contributed by atoms with Crippen LogP contribution in [0.4, 0.5) is 8.78 Å². The lowest BCUT2D eigenvalue weighted by molar-refractivity contribution is 0.565. The van der Waals surface area contributed by atoms with Crippen LogP contribution in [-0.4, -0.2) is 7.05 Å². The van der Waals surface area contributed by atoms with Crippen LogP contribution in [0.1, 0.15) is 22.0 Å². The summed E-state index contributed by atoms with van der Waals surface area (Å²) in [4.78, 5) is 0.992. The minimum absolute atomic E-state index is 0.0487. The summed E-state index contributed by atoms with van der Waals surface area (Å²) < 4.78 is 26.4. The average Bonchev–Trinajstić information content (AvgIpc) is 2.66. The summed E-state index contributed by atoms with van der Waals surface area (Å²) in [6.07, 6.45) is 0.491. The number of hydrogen-bond acceptors (Lipinski definition) is 2. The van der Waals surface area contributed by atoms with Gasteiger partial charge < -0.3 is 5.32 Å². The molecular weight excluding hydrogens is 288 g/mol. The van der Waals surface area contributed by atoms with Crippen LogP contribution in [0.15, 0.2) is 23.6 Å². The Balaban J connectivity index is 2.26. The molecule has 5 heteroatoms. The van der Waals surface area contributed by atoms with Gasteiger partial charge in [0, 0.05) is 17.0 Å². The van der Waals surface area contributed by atoms with Gasteiger partial charge in [0.25, 0.3) is 0 Å². The van der Waals surface area contributed by atoms with Crippen LogP contribution in [0.5, 0.6) is 0 Å². The van der Waals surface area contributed by atoms with Crippen LogP contribution in [0.3, 0.4) is 0 Å². The molecule has 1 N–H and O–H groups in total. The molecular formula is C14H14ClF2NS. The Hall–Kier alpha value is -0.970.